The largest absolute Gasteiger partial charge is 0.353 e. The zero-order chi connectivity index (χ0) is 24.4. The van der Waals surface area contributed by atoms with Crippen LogP contribution in [0, 0.1) is 33.5 Å². The standard InChI is InChI=1S/C25H29FN6O2/c1-15-13-16(2)28-25(27-15)32-18(4)21(17(3)30-32)14-23(33)29-19-9-11-31(12-10-19)24(34)20-7-5-6-8-22(20)26/h5-8,13,19H,9-12,14H2,1-4H3,(H,29,33). The SMILES string of the molecule is Cc1cc(C)nc(-n2nc(C)c(CC(=O)NC3CCN(C(=O)c4ccccc4F)CC3)c2C)n1. The molecule has 0 radical (unpaired) electrons. The van der Waals surface area contributed by atoms with Crippen LogP contribution < -0.4 is 5.32 Å². The molecule has 0 bridgehead atoms. The highest BCUT2D eigenvalue weighted by Crippen LogP contribution is 2.19. The highest BCUT2D eigenvalue weighted by atomic mass is 19.1. The number of aromatic nitrogens is 4. The van der Waals surface area contributed by atoms with Gasteiger partial charge in [-0.2, -0.15) is 5.10 Å². The van der Waals surface area contributed by atoms with E-state index in [1.165, 1.54) is 12.1 Å². The van der Waals surface area contributed by atoms with E-state index in [4.69, 9.17) is 0 Å². The van der Waals surface area contributed by atoms with E-state index in [9.17, 15) is 14.0 Å². The smallest absolute Gasteiger partial charge is 0.256 e. The van der Waals surface area contributed by atoms with Gasteiger partial charge in [-0.15, -0.1) is 0 Å². The predicted octanol–water partition coefficient (Wildman–Crippen LogP) is 3.00. The summed E-state index contributed by atoms with van der Waals surface area (Å²) in [6.45, 7) is 8.55. The highest BCUT2D eigenvalue weighted by Gasteiger charge is 2.26. The van der Waals surface area contributed by atoms with Gasteiger partial charge in [-0.3, -0.25) is 9.59 Å². The minimum Gasteiger partial charge on any atom is -0.353 e. The number of halogens is 1. The second kappa shape index (κ2) is 9.70. The van der Waals surface area contributed by atoms with Crippen LogP contribution in [0.4, 0.5) is 4.39 Å². The number of nitrogens with one attached hydrogen (secondary N) is 1. The maximum absolute atomic E-state index is 13.9. The summed E-state index contributed by atoms with van der Waals surface area (Å²) >= 11 is 0. The van der Waals surface area contributed by atoms with Crippen LogP contribution in [0.15, 0.2) is 30.3 Å². The lowest BCUT2D eigenvalue weighted by atomic mass is 10.0. The minimum atomic E-state index is -0.513. The van der Waals surface area contributed by atoms with E-state index in [0.29, 0.717) is 31.9 Å². The van der Waals surface area contributed by atoms with Gasteiger partial charge in [-0.1, -0.05) is 12.1 Å². The molecule has 34 heavy (non-hydrogen) atoms. The molecule has 0 saturated carbocycles. The van der Waals surface area contributed by atoms with Crippen molar-refractivity contribution in [3.05, 3.63) is 70.1 Å². The lowest BCUT2D eigenvalue weighted by Crippen LogP contribution is -2.47. The van der Waals surface area contributed by atoms with Gasteiger partial charge in [-0.05, 0) is 58.7 Å². The molecule has 3 aromatic rings. The van der Waals surface area contributed by atoms with E-state index in [0.717, 1.165) is 28.3 Å². The van der Waals surface area contributed by atoms with Gasteiger partial charge < -0.3 is 10.2 Å². The Morgan fingerprint density at radius 2 is 1.71 bits per heavy atom. The molecule has 1 fully saturated rings. The van der Waals surface area contributed by atoms with Gasteiger partial charge in [0.1, 0.15) is 5.82 Å². The van der Waals surface area contributed by atoms with Crippen molar-refractivity contribution in [3.8, 4) is 5.95 Å². The quantitative estimate of drug-likeness (QED) is 0.627. The van der Waals surface area contributed by atoms with Crippen molar-refractivity contribution in [2.45, 2.75) is 53.0 Å². The van der Waals surface area contributed by atoms with Gasteiger partial charge in [0.05, 0.1) is 17.7 Å². The maximum Gasteiger partial charge on any atom is 0.256 e. The second-order valence-electron chi connectivity index (χ2n) is 8.80. The Kier molecular flexibility index (Phi) is 6.72. The number of hydrogen-bond donors (Lipinski definition) is 1. The molecule has 0 atom stereocenters. The second-order valence-corrected chi connectivity index (χ2v) is 8.80. The van der Waals surface area contributed by atoms with Crippen LogP contribution >= 0.6 is 0 Å². The first-order chi connectivity index (χ1) is 16.2. The molecular formula is C25H29FN6O2. The molecule has 4 rings (SSSR count). The van der Waals surface area contributed by atoms with Crippen LogP contribution in [-0.2, 0) is 11.2 Å². The van der Waals surface area contributed by atoms with E-state index >= 15 is 0 Å². The van der Waals surface area contributed by atoms with Gasteiger partial charge in [0.15, 0.2) is 0 Å². The molecule has 3 heterocycles. The zero-order valence-corrected chi connectivity index (χ0v) is 19.9. The van der Waals surface area contributed by atoms with Crippen LogP contribution in [0.5, 0.6) is 0 Å². The fraction of sp³-hybridized carbons (Fsp3) is 0.400. The average molecular weight is 465 g/mol. The van der Waals surface area contributed by atoms with Gasteiger partial charge in [-0.25, -0.2) is 19.0 Å². The Hall–Kier alpha value is -3.62. The summed E-state index contributed by atoms with van der Waals surface area (Å²) in [5, 5.41) is 7.65. The number of piperidine rings is 1. The number of carbonyl (C=O) groups excluding carboxylic acids is 2. The topological polar surface area (TPSA) is 93.0 Å². The van der Waals surface area contributed by atoms with Gasteiger partial charge in [0.2, 0.25) is 5.91 Å². The fourth-order valence-corrected chi connectivity index (χ4v) is 4.40. The normalized spacial score (nSPS) is 14.3. The number of likely N-dealkylation sites (tertiary alicyclic amines) is 1. The molecular weight excluding hydrogens is 435 g/mol. The molecule has 8 nitrogen and oxygen atoms in total. The molecule has 2 aromatic heterocycles. The number of hydrogen-bond acceptors (Lipinski definition) is 5. The summed E-state index contributed by atoms with van der Waals surface area (Å²) in [4.78, 5) is 36.0. The monoisotopic (exact) mass is 464 g/mol. The first kappa shape index (κ1) is 23.5. The van der Waals surface area contributed by atoms with Crippen molar-refractivity contribution in [1.82, 2.24) is 30.0 Å². The molecule has 1 aromatic carbocycles. The summed E-state index contributed by atoms with van der Waals surface area (Å²) in [6, 6.07) is 7.88. The number of amides is 2. The number of benzene rings is 1. The Labute approximate surface area is 198 Å². The Morgan fingerprint density at radius 1 is 1.06 bits per heavy atom. The Morgan fingerprint density at radius 3 is 2.35 bits per heavy atom. The summed E-state index contributed by atoms with van der Waals surface area (Å²) < 4.78 is 15.6. The zero-order valence-electron chi connectivity index (χ0n) is 19.9. The van der Waals surface area contributed by atoms with Gasteiger partial charge >= 0.3 is 0 Å². The predicted molar refractivity (Wildman–Crippen MR) is 125 cm³/mol. The number of carbonyl (C=O) groups is 2. The van der Waals surface area contributed by atoms with Crippen LogP contribution in [-0.4, -0.2) is 55.6 Å². The van der Waals surface area contributed by atoms with Crippen molar-refractivity contribution in [2.75, 3.05) is 13.1 Å². The maximum atomic E-state index is 13.9. The molecule has 1 aliphatic heterocycles. The van der Waals surface area contributed by atoms with E-state index < -0.39 is 5.82 Å². The van der Waals surface area contributed by atoms with Crippen LogP contribution in [0.25, 0.3) is 5.95 Å². The summed E-state index contributed by atoms with van der Waals surface area (Å²) in [6.07, 6.45) is 1.45. The summed E-state index contributed by atoms with van der Waals surface area (Å²) in [5.41, 5.74) is 4.25. The van der Waals surface area contributed by atoms with Gasteiger partial charge in [0, 0.05) is 41.8 Å². The number of rotatable bonds is 5. The van der Waals surface area contributed by atoms with E-state index in [1.54, 1.807) is 21.7 Å². The fourth-order valence-electron chi connectivity index (χ4n) is 4.40. The summed E-state index contributed by atoms with van der Waals surface area (Å²) in [5.74, 6) is -0.418. The lowest BCUT2D eigenvalue weighted by molar-refractivity contribution is -0.121. The van der Waals surface area contributed by atoms with Crippen LogP contribution in [0.1, 0.15) is 51.5 Å². The summed E-state index contributed by atoms with van der Waals surface area (Å²) in [7, 11) is 0. The molecule has 0 unspecified atom stereocenters. The molecule has 0 aliphatic carbocycles. The Balaban J connectivity index is 1.36. The van der Waals surface area contributed by atoms with Gasteiger partial charge in [0.25, 0.3) is 11.9 Å². The van der Waals surface area contributed by atoms with Crippen molar-refractivity contribution < 1.29 is 14.0 Å². The van der Waals surface area contributed by atoms with Crippen LogP contribution in [0.2, 0.25) is 0 Å². The third kappa shape index (κ3) is 4.98. The van der Waals surface area contributed by atoms with E-state index in [1.807, 2.05) is 33.8 Å². The average Bonchev–Trinajstić information content (AvgIpc) is 3.07. The van der Waals surface area contributed by atoms with Crippen molar-refractivity contribution in [1.29, 1.82) is 0 Å². The minimum absolute atomic E-state index is 0.0319. The first-order valence-corrected chi connectivity index (χ1v) is 11.4. The third-order valence-corrected chi connectivity index (χ3v) is 6.19. The number of aryl methyl sites for hydroxylation is 3. The van der Waals surface area contributed by atoms with Crippen molar-refractivity contribution in [2.24, 2.45) is 0 Å². The molecule has 2 amide bonds. The number of nitrogens with zero attached hydrogens (tertiary/aromatic N) is 5. The van der Waals surface area contributed by atoms with E-state index in [2.05, 4.69) is 20.4 Å². The molecule has 9 heteroatoms. The molecule has 1 aliphatic rings. The molecule has 1 saturated heterocycles. The van der Waals surface area contributed by atoms with E-state index in [-0.39, 0.29) is 29.8 Å². The molecule has 1 N–H and O–H groups in total. The third-order valence-electron chi connectivity index (χ3n) is 6.19. The van der Waals surface area contributed by atoms with Crippen LogP contribution in [0.3, 0.4) is 0 Å². The Bertz CT molecular complexity index is 1210. The first-order valence-electron chi connectivity index (χ1n) is 11.4. The highest BCUT2D eigenvalue weighted by molar-refractivity contribution is 5.94. The lowest BCUT2D eigenvalue weighted by Gasteiger charge is -2.32. The molecule has 0 spiro atoms. The van der Waals surface area contributed by atoms with Crippen molar-refractivity contribution in [3.63, 3.8) is 0 Å². The van der Waals surface area contributed by atoms with Crippen molar-refractivity contribution >= 4 is 11.8 Å². The molecule has 178 valence electrons.